The van der Waals surface area contributed by atoms with Gasteiger partial charge in [-0.3, -0.25) is 4.79 Å². The smallest absolute Gasteiger partial charge is 0.258 e. The molecule has 1 amide bonds. The minimum absolute atomic E-state index is 0.00423. The molecule has 23 heavy (non-hydrogen) atoms. The third kappa shape index (κ3) is 5.73. The summed E-state index contributed by atoms with van der Waals surface area (Å²) in [4.78, 5) is 14.4. The van der Waals surface area contributed by atoms with E-state index >= 15 is 0 Å². The Morgan fingerprint density at radius 2 is 1.91 bits per heavy atom. The van der Waals surface area contributed by atoms with Crippen LogP contribution < -0.4 is 14.8 Å². The number of carbonyl (C=O) groups excluding carboxylic acids is 1. The van der Waals surface area contributed by atoms with E-state index < -0.39 is 0 Å². The summed E-state index contributed by atoms with van der Waals surface area (Å²) in [7, 11) is 3.30. The molecule has 1 aromatic carbocycles. The Labute approximate surface area is 137 Å². The lowest BCUT2D eigenvalue weighted by atomic mass is 10.1. The zero-order valence-corrected chi connectivity index (χ0v) is 13.9. The summed E-state index contributed by atoms with van der Waals surface area (Å²) in [6.45, 7) is 3.69. The molecule has 1 aliphatic rings. The molecule has 0 atom stereocenters. The van der Waals surface area contributed by atoms with Crippen molar-refractivity contribution in [2.75, 3.05) is 47.1 Å². The molecule has 0 bridgehead atoms. The van der Waals surface area contributed by atoms with E-state index in [0.717, 1.165) is 39.1 Å². The van der Waals surface area contributed by atoms with Crippen molar-refractivity contribution in [1.29, 1.82) is 0 Å². The van der Waals surface area contributed by atoms with Crippen LogP contribution in [-0.2, 0) is 9.53 Å². The van der Waals surface area contributed by atoms with Gasteiger partial charge in [-0.2, -0.15) is 0 Å². The maximum absolute atomic E-state index is 12.0. The summed E-state index contributed by atoms with van der Waals surface area (Å²) in [5, 5.41) is 3.04. The quantitative estimate of drug-likeness (QED) is 0.782. The Balaban J connectivity index is 1.69. The van der Waals surface area contributed by atoms with E-state index in [1.54, 1.807) is 20.3 Å². The highest BCUT2D eigenvalue weighted by molar-refractivity contribution is 5.77. The van der Waals surface area contributed by atoms with Crippen LogP contribution in [0.25, 0.3) is 0 Å². The van der Waals surface area contributed by atoms with Gasteiger partial charge in [0.15, 0.2) is 18.1 Å². The van der Waals surface area contributed by atoms with E-state index in [0.29, 0.717) is 11.5 Å². The lowest BCUT2D eigenvalue weighted by molar-refractivity contribution is -0.124. The predicted octanol–water partition coefficient (Wildman–Crippen LogP) is 1.30. The van der Waals surface area contributed by atoms with Gasteiger partial charge in [0.25, 0.3) is 5.91 Å². The van der Waals surface area contributed by atoms with Crippen molar-refractivity contribution in [3.05, 3.63) is 24.3 Å². The summed E-state index contributed by atoms with van der Waals surface area (Å²) in [5.74, 6) is 1.12. The average molecular weight is 322 g/mol. The Morgan fingerprint density at radius 1 is 1.22 bits per heavy atom. The van der Waals surface area contributed by atoms with Crippen LogP contribution >= 0.6 is 0 Å². The molecular formula is C17H26N2O4. The van der Waals surface area contributed by atoms with Gasteiger partial charge in [0.05, 0.1) is 13.7 Å². The molecule has 0 saturated carbocycles. The molecule has 1 heterocycles. The van der Waals surface area contributed by atoms with E-state index in [1.807, 2.05) is 18.2 Å². The number of carbonyl (C=O) groups is 1. The molecule has 6 nitrogen and oxygen atoms in total. The molecule has 1 fully saturated rings. The highest BCUT2D eigenvalue weighted by atomic mass is 16.5. The zero-order chi connectivity index (χ0) is 16.5. The van der Waals surface area contributed by atoms with Gasteiger partial charge < -0.3 is 24.4 Å². The van der Waals surface area contributed by atoms with Crippen LogP contribution in [0.4, 0.5) is 0 Å². The SMILES string of the molecule is COCCN1CCC(NC(=O)COc2ccccc2OC)CC1. The van der Waals surface area contributed by atoms with Gasteiger partial charge in [-0.1, -0.05) is 12.1 Å². The van der Waals surface area contributed by atoms with E-state index in [9.17, 15) is 4.79 Å². The van der Waals surface area contributed by atoms with E-state index in [1.165, 1.54) is 0 Å². The monoisotopic (exact) mass is 322 g/mol. The highest BCUT2D eigenvalue weighted by Gasteiger charge is 2.20. The van der Waals surface area contributed by atoms with Crippen LogP contribution in [0.5, 0.6) is 11.5 Å². The normalized spacial score (nSPS) is 16.1. The molecule has 6 heteroatoms. The first-order valence-corrected chi connectivity index (χ1v) is 7.99. The minimum Gasteiger partial charge on any atom is -0.493 e. The van der Waals surface area contributed by atoms with Crippen LogP contribution in [0.2, 0.25) is 0 Å². The summed E-state index contributed by atoms with van der Waals surface area (Å²) in [5.41, 5.74) is 0. The first-order chi connectivity index (χ1) is 11.2. The minimum atomic E-state index is -0.0914. The first-order valence-electron chi connectivity index (χ1n) is 7.99. The van der Waals surface area contributed by atoms with Crippen LogP contribution in [0, 0.1) is 0 Å². The van der Waals surface area contributed by atoms with Crippen molar-refractivity contribution < 1.29 is 19.0 Å². The van der Waals surface area contributed by atoms with E-state index in [4.69, 9.17) is 14.2 Å². The fraction of sp³-hybridized carbons (Fsp3) is 0.588. The van der Waals surface area contributed by atoms with Crippen molar-refractivity contribution in [2.24, 2.45) is 0 Å². The standard InChI is InChI=1S/C17H26N2O4/c1-21-12-11-19-9-7-14(8-10-19)18-17(20)13-23-16-6-4-3-5-15(16)22-2/h3-6,14H,7-13H2,1-2H3,(H,18,20). The van der Waals surface area contributed by atoms with Crippen LogP contribution in [0.3, 0.4) is 0 Å². The van der Waals surface area contributed by atoms with E-state index in [2.05, 4.69) is 10.2 Å². The van der Waals surface area contributed by atoms with E-state index in [-0.39, 0.29) is 18.6 Å². The summed E-state index contributed by atoms with van der Waals surface area (Å²) < 4.78 is 15.8. The van der Waals surface area contributed by atoms with Crippen molar-refractivity contribution in [3.8, 4) is 11.5 Å². The highest BCUT2D eigenvalue weighted by Crippen LogP contribution is 2.25. The van der Waals surface area contributed by atoms with Gasteiger partial charge in [-0.15, -0.1) is 0 Å². The van der Waals surface area contributed by atoms with Gasteiger partial charge in [0, 0.05) is 32.8 Å². The molecule has 0 aliphatic carbocycles. The van der Waals surface area contributed by atoms with Crippen LogP contribution in [0.1, 0.15) is 12.8 Å². The number of nitrogens with one attached hydrogen (secondary N) is 1. The Hall–Kier alpha value is -1.79. The zero-order valence-electron chi connectivity index (χ0n) is 13.9. The average Bonchev–Trinajstić information content (AvgIpc) is 2.59. The fourth-order valence-electron chi connectivity index (χ4n) is 2.67. The van der Waals surface area contributed by atoms with Crippen LogP contribution in [-0.4, -0.2) is 63.9 Å². The number of nitrogens with zero attached hydrogens (tertiary/aromatic N) is 1. The second-order valence-corrected chi connectivity index (χ2v) is 5.62. The number of para-hydroxylation sites is 2. The molecule has 0 spiro atoms. The number of ether oxygens (including phenoxy) is 3. The third-order valence-corrected chi connectivity index (χ3v) is 3.99. The van der Waals surface area contributed by atoms with Crippen molar-refractivity contribution in [3.63, 3.8) is 0 Å². The number of benzene rings is 1. The number of piperidine rings is 1. The second-order valence-electron chi connectivity index (χ2n) is 5.62. The number of methoxy groups -OCH3 is 2. The molecule has 0 unspecified atom stereocenters. The maximum atomic E-state index is 12.0. The van der Waals surface area contributed by atoms with Gasteiger partial charge in [-0.25, -0.2) is 0 Å². The largest absolute Gasteiger partial charge is 0.493 e. The molecule has 1 aliphatic heterocycles. The summed E-state index contributed by atoms with van der Waals surface area (Å²) in [6.07, 6.45) is 1.92. The topological polar surface area (TPSA) is 60.0 Å². The van der Waals surface area contributed by atoms with Gasteiger partial charge in [0.1, 0.15) is 0 Å². The predicted molar refractivity (Wildman–Crippen MR) is 88.0 cm³/mol. The molecule has 2 rings (SSSR count). The molecular weight excluding hydrogens is 296 g/mol. The molecule has 1 saturated heterocycles. The first kappa shape index (κ1) is 17.6. The lowest BCUT2D eigenvalue weighted by Crippen LogP contribution is -2.46. The number of likely N-dealkylation sites (tertiary alicyclic amines) is 1. The molecule has 1 aromatic rings. The number of hydrogen-bond acceptors (Lipinski definition) is 5. The molecule has 0 aromatic heterocycles. The van der Waals surface area contributed by atoms with Crippen molar-refractivity contribution in [1.82, 2.24) is 10.2 Å². The second kappa shape index (κ2) is 9.37. The number of rotatable bonds is 8. The van der Waals surface area contributed by atoms with Crippen molar-refractivity contribution >= 4 is 5.91 Å². The maximum Gasteiger partial charge on any atom is 0.258 e. The van der Waals surface area contributed by atoms with Gasteiger partial charge >= 0.3 is 0 Å². The number of hydrogen-bond donors (Lipinski definition) is 1. The fourth-order valence-corrected chi connectivity index (χ4v) is 2.67. The van der Waals surface area contributed by atoms with Gasteiger partial charge in [-0.05, 0) is 25.0 Å². The Morgan fingerprint density at radius 3 is 2.57 bits per heavy atom. The Kier molecular flexibility index (Phi) is 7.16. The lowest BCUT2D eigenvalue weighted by Gasteiger charge is -2.32. The Bertz CT molecular complexity index is 487. The van der Waals surface area contributed by atoms with Crippen molar-refractivity contribution in [2.45, 2.75) is 18.9 Å². The molecule has 1 N–H and O–H groups in total. The van der Waals surface area contributed by atoms with Crippen LogP contribution in [0.15, 0.2) is 24.3 Å². The number of amides is 1. The summed E-state index contributed by atoms with van der Waals surface area (Å²) in [6, 6.07) is 7.54. The summed E-state index contributed by atoms with van der Waals surface area (Å²) >= 11 is 0. The third-order valence-electron chi connectivity index (χ3n) is 3.99. The molecule has 128 valence electrons. The van der Waals surface area contributed by atoms with Gasteiger partial charge in [0.2, 0.25) is 0 Å². The molecule has 0 radical (unpaired) electrons.